The molecule has 4 heteroatoms. The van der Waals surface area contributed by atoms with Crippen LogP contribution < -0.4 is 10.3 Å². The first-order valence-electron chi connectivity index (χ1n) is 7.66. The van der Waals surface area contributed by atoms with Crippen LogP contribution in [-0.2, 0) is 12.0 Å². The molecule has 0 fully saturated rings. The second-order valence-corrected chi connectivity index (χ2v) is 7.72. The first-order valence-corrected chi connectivity index (χ1v) is 7.66. The van der Waals surface area contributed by atoms with Gasteiger partial charge in [-0.05, 0) is 34.9 Å². The molecule has 2 aromatic rings. The Morgan fingerprint density at radius 1 is 1.00 bits per heavy atom. The number of nitrogens with one attached hydrogen (secondary N) is 2. The van der Waals surface area contributed by atoms with E-state index in [0.29, 0.717) is 12.0 Å². The van der Waals surface area contributed by atoms with Gasteiger partial charge in [0.25, 0.3) is 5.56 Å². The highest BCUT2D eigenvalue weighted by atomic mass is 16.5. The standard InChI is InChI=1S/C18H26N2O2/c1-17(2,3)12-18(4,5)13-6-8-15(9-7-13)22-11-14-10-16(21)20-19-14/h6-10H,11-12H2,1-5H3,(H2,19,20,21). The molecule has 1 aromatic carbocycles. The molecule has 0 atom stereocenters. The molecular weight excluding hydrogens is 276 g/mol. The third-order valence-electron chi connectivity index (χ3n) is 3.65. The Balaban J connectivity index is 2.02. The summed E-state index contributed by atoms with van der Waals surface area (Å²) in [7, 11) is 0. The molecule has 4 nitrogen and oxygen atoms in total. The van der Waals surface area contributed by atoms with Crippen molar-refractivity contribution >= 4 is 0 Å². The second kappa shape index (κ2) is 6.03. The highest BCUT2D eigenvalue weighted by Gasteiger charge is 2.27. The van der Waals surface area contributed by atoms with Crippen LogP contribution in [0.1, 0.15) is 52.3 Å². The molecule has 0 saturated carbocycles. The maximum absolute atomic E-state index is 11.0. The van der Waals surface area contributed by atoms with Gasteiger partial charge in [0, 0.05) is 6.07 Å². The van der Waals surface area contributed by atoms with Gasteiger partial charge in [0.15, 0.2) is 0 Å². The van der Waals surface area contributed by atoms with Gasteiger partial charge in [0.2, 0.25) is 0 Å². The second-order valence-electron chi connectivity index (χ2n) is 7.72. The lowest BCUT2D eigenvalue weighted by atomic mass is 9.72. The highest BCUT2D eigenvalue weighted by molar-refractivity contribution is 5.31. The van der Waals surface area contributed by atoms with Crippen LogP contribution in [0.15, 0.2) is 35.1 Å². The zero-order chi connectivity index (χ0) is 16.4. The SMILES string of the molecule is CC(C)(C)CC(C)(C)c1ccc(OCc2cc(=O)[nH][nH]2)cc1. The van der Waals surface area contributed by atoms with Gasteiger partial charge in [-0.2, -0.15) is 0 Å². The maximum atomic E-state index is 11.0. The van der Waals surface area contributed by atoms with Crippen molar-refractivity contribution in [2.24, 2.45) is 5.41 Å². The van der Waals surface area contributed by atoms with Crippen LogP contribution in [-0.4, -0.2) is 10.2 Å². The van der Waals surface area contributed by atoms with E-state index in [9.17, 15) is 4.79 Å². The molecule has 120 valence electrons. The number of H-pyrrole nitrogens is 2. The molecule has 0 spiro atoms. The molecule has 0 saturated heterocycles. The van der Waals surface area contributed by atoms with Gasteiger partial charge in [-0.25, -0.2) is 0 Å². The lowest BCUT2D eigenvalue weighted by Crippen LogP contribution is -2.24. The van der Waals surface area contributed by atoms with E-state index in [-0.39, 0.29) is 11.0 Å². The number of aromatic amines is 2. The number of hydrogen-bond acceptors (Lipinski definition) is 2. The summed E-state index contributed by atoms with van der Waals surface area (Å²) in [6.07, 6.45) is 1.12. The Labute approximate surface area is 131 Å². The molecule has 1 aromatic heterocycles. The van der Waals surface area contributed by atoms with Crippen LogP contribution in [0.25, 0.3) is 0 Å². The lowest BCUT2D eigenvalue weighted by Gasteiger charge is -2.33. The summed E-state index contributed by atoms with van der Waals surface area (Å²) in [5, 5.41) is 5.27. The van der Waals surface area contributed by atoms with Crippen molar-refractivity contribution in [2.45, 2.75) is 53.1 Å². The molecule has 0 radical (unpaired) electrons. The molecule has 0 amide bonds. The van der Waals surface area contributed by atoms with Crippen molar-refractivity contribution in [2.75, 3.05) is 0 Å². The van der Waals surface area contributed by atoms with E-state index in [4.69, 9.17) is 4.74 Å². The van der Waals surface area contributed by atoms with Gasteiger partial charge in [0.05, 0.1) is 5.69 Å². The number of benzene rings is 1. The zero-order valence-electron chi connectivity index (χ0n) is 14.1. The van der Waals surface area contributed by atoms with E-state index in [0.717, 1.165) is 17.9 Å². The molecular formula is C18H26N2O2. The van der Waals surface area contributed by atoms with Crippen LogP contribution in [0.3, 0.4) is 0 Å². The minimum absolute atomic E-state index is 0.128. The zero-order valence-corrected chi connectivity index (χ0v) is 14.1. The first kappa shape index (κ1) is 16.4. The van der Waals surface area contributed by atoms with Crippen molar-refractivity contribution in [3.05, 3.63) is 51.9 Å². The number of ether oxygens (including phenoxy) is 1. The summed E-state index contributed by atoms with van der Waals surface area (Å²) >= 11 is 0. The highest BCUT2D eigenvalue weighted by Crippen LogP contribution is 2.36. The fourth-order valence-corrected chi connectivity index (χ4v) is 3.04. The van der Waals surface area contributed by atoms with E-state index in [1.54, 1.807) is 0 Å². The van der Waals surface area contributed by atoms with Crippen LogP contribution in [0.5, 0.6) is 5.75 Å². The molecule has 0 bridgehead atoms. The third-order valence-corrected chi connectivity index (χ3v) is 3.65. The van der Waals surface area contributed by atoms with E-state index < -0.39 is 0 Å². The quantitative estimate of drug-likeness (QED) is 0.877. The van der Waals surface area contributed by atoms with Gasteiger partial charge in [-0.3, -0.25) is 15.0 Å². The Hall–Kier alpha value is -1.97. The molecule has 2 N–H and O–H groups in total. The molecule has 1 heterocycles. The van der Waals surface area contributed by atoms with Crippen molar-refractivity contribution in [1.82, 2.24) is 10.2 Å². The monoisotopic (exact) mass is 302 g/mol. The number of rotatable bonds is 5. The summed E-state index contributed by atoms with van der Waals surface area (Å²) in [5.74, 6) is 0.803. The Bertz CT molecular complexity index is 657. The fourth-order valence-electron chi connectivity index (χ4n) is 3.04. The molecule has 0 aliphatic heterocycles. The fraction of sp³-hybridized carbons (Fsp3) is 0.500. The predicted molar refractivity (Wildman–Crippen MR) is 89.3 cm³/mol. The van der Waals surface area contributed by atoms with E-state index in [2.05, 4.69) is 56.9 Å². The van der Waals surface area contributed by atoms with Crippen LogP contribution in [0.2, 0.25) is 0 Å². The average molecular weight is 302 g/mol. The van der Waals surface area contributed by atoms with Gasteiger partial charge in [0.1, 0.15) is 12.4 Å². The Kier molecular flexibility index (Phi) is 4.50. The van der Waals surface area contributed by atoms with Crippen molar-refractivity contribution < 1.29 is 4.74 Å². The first-order chi connectivity index (χ1) is 10.2. The van der Waals surface area contributed by atoms with Gasteiger partial charge in [-0.15, -0.1) is 0 Å². The summed E-state index contributed by atoms with van der Waals surface area (Å²) in [5.41, 5.74) is 2.33. The largest absolute Gasteiger partial charge is 0.487 e. The van der Waals surface area contributed by atoms with E-state index in [1.165, 1.54) is 11.6 Å². The summed E-state index contributed by atoms with van der Waals surface area (Å²) in [6.45, 7) is 11.7. The molecule has 0 aliphatic carbocycles. The summed E-state index contributed by atoms with van der Waals surface area (Å²) in [4.78, 5) is 11.0. The lowest BCUT2D eigenvalue weighted by molar-refractivity contribution is 0.283. The Morgan fingerprint density at radius 3 is 2.14 bits per heavy atom. The van der Waals surface area contributed by atoms with Gasteiger partial charge in [-0.1, -0.05) is 46.8 Å². The predicted octanol–water partition coefficient (Wildman–Crippen LogP) is 4.00. The van der Waals surface area contributed by atoms with Crippen molar-refractivity contribution in [3.63, 3.8) is 0 Å². The van der Waals surface area contributed by atoms with Crippen LogP contribution >= 0.6 is 0 Å². The topological polar surface area (TPSA) is 57.9 Å². The normalized spacial score (nSPS) is 12.4. The van der Waals surface area contributed by atoms with E-state index >= 15 is 0 Å². The van der Waals surface area contributed by atoms with Crippen molar-refractivity contribution in [1.29, 1.82) is 0 Å². The minimum Gasteiger partial charge on any atom is -0.487 e. The van der Waals surface area contributed by atoms with Crippen LogP contribution in [0.4, 0.5) is 0 Å². The number of aromatic nitrogens is 2. The van der Waals surface area contributed by atoms with E-state index in [1.807, 2.05) is 12.1 Å². The third kappa shape index (κ3) is 4.52. The molecule has 0 aliphatic rings. The average Bonchev–Trinajstić information content (AvgIpc) is 2.80. The molecule has 0 unspecified atom stereocenters. The molecule has 2 rings (SSSR count). The smallest absolute Gasteiger partial charge is 0.264 e. The van der Waals surface area contributed by atoms with Gasteiger partial charge >= 0.3 is 0 Å². The minimum atomic E-state index is -0.141. The van der Waals surface area contributed by atoms with Crippen molar-refractivity contribution in [3.8, 4) is 5.75 Å². The molecule has 22 heavy (non-hydrogen) atoms. The summed E-state index contributed by atoms with van der Waals surface area (Å²) < 4.78 is 5.68. The number of hydrogen-bond donors (Lipinski definition) is 2. The van der Waals surface area contributed by atoms with Gasteiger partial charge < -0.3 is 4.74 Å². The maximum Gasteiger partial charge on any atom is 0.264 e. The Morgan fingerprint density at radius 2 is 1.64 bits per heavy atom. The summed E-state index contributed by atoms with van der Waals surface area (Å²) in [6, 6.07) is 9.73. The van der Waals surface area contributed by atoms with Crippen LogP contribution in [0, 0.1) is 5.41 Å².